The van der Waals surface area contributed by atoms with Crippen LogP contribution in [0, 0.1) is 0 Å². The predicted molar refractivity (Wildman–Crippen MR) is 82.8 cm³/mol. The SMILES string of the molecule is COC(=O)C[C@@H](c1ccncc1)c1c(O)c(C(=O)OC)c[nH]c1=O. The molecule has 2 aromatic rings. The molecule has 126 valence electrons. The summed E-state index contributed by atoms with van der Waals surface area (Å²) >= 11 is 0. The Labute approximate surface area is 137 Å². The van der Waals surface area contributed by atoms with Gasteiger partial charge >= 0.3 is 11.9 Å². The van der Waals surface area contributed by atoms with E-state index in [1.165, 1.54) is 19.5 Å². The van der Waals surface area contributed by atoms with Crippen molar-refractivity contribution in [2.24, 2.45) is 0 Å². The Morgan fingerprint density at radius 3 is 2.50 bits per heavy atom. The van der Waals surface area contributed by atoms with Crippen molar-refractivity contribution < 1.29 is 24.2 Å². The number of hydrogen-bond donors (Lipinski definition) is 2. The van der Waals surface area contributed by atoms with Crippen LogP contribution in [0.5, 0.6) is 5.75 Å². The van der Waals surface area contributed by atoms with E-state index in [4.69, 9.17) is 0 Å². The molecule has 2 rings (SSSR count). The molecule has 0 bridgehead atoms. The number of pyridine rings is 2. The number of hydrogen-bond acceptors (Lipinski definition) is 7. The van der Waals surface area contributed by atoms with E-state index in [0.717, 1.165) is 13.3 Å². The van der Waals surface area contributed by atoms with Crippen molar-refractivity contribution in [3.63, 3.8) is 0 Å². The van der Waals surface area contributed by atoms with E-state index in [-0.39, 0.29) is 17.5 Å². The summed E-state index contributed by atoms with van der Waals surface area (Å²) in [5.41, 5.74) is -0.366. The molecule has 0 unspecified atom stereocenters. The highest BCUT2D eigenvalue weighted by atomic mass is 16.5. The zero-order chi connectivity index (χ0) is 17.7. The number of aromatic hydroxyl groups is 1. The van der Waals surface area contributed by atoms with Crippen LogP contribution in [0.2, 0.25) is 0 Å². The van der Waals surface area contributed by atoms with E-state index in [9.17, 15) is 19.5 Å². The molecule has 8 nitrogen and oxygen atoms in total. The zero-order valence-electron chi connectivity index (χ0n) is 13.1. The molecule has 0 spiro atoms. The lowest BCUT2D eigenvalue weighted by atomic mass is 9.88. The minimum Gasteiger partial charge on any atom is -0.506 e. The first-order chi connectivity index (χ1) is 11.5. The van der Waals surface area contributed by atoms with Crippen LogP contribution in [0.3, 0.4) is 0 Å². The second-order valence-electron chi connectivity index (χ2n) is 4.90. The molecule has 0 aliphatic rings. The summed E-state index contributed by atoms with van der Waals surface area (Å²) in [6.07, 6.45) is 3.86. The lowest BCUT2D eigenvalue weighted by Gasteiger charge is -2.18. The zero-order valence-corrected chi connectivity index (χ0v) is 13.1. The van der Waals surface area contributed by atoms with Crippen molar-refractivity contribution in [1.29, 1.82) is 0 Å². The Bertz CT molecular complexity index is 800. The number of methoxy groups -OCH3 is 2. The fourth-order valence-corrected chi connectivity index (χ4v) is 2.36. The summed E-state index contributed by atoms with van der Waals surface area (Å²) in [7, 11) is 2.38. The summed E-state index contributed by atoms with van der Waals surface area (Å²) in [5, 5.41) is 10.4. The minimum absolute atomic E-state index is 0.116. The molecule has 0 saturated carbocycles. The molecule has 0 aliphatic carbocycles. The van der Waals surface area contributed by atoms with Crippen LogP contribution in [0.15, 0.2) is 35.5 Å². The predicted octanol–water partition coefficient (Wildman–Crippen LogP) is 0.957. The number of H-pyrrole nitrogens is 1. The van der Waals surface area contributed by atoms with Crippen LogP contribution < -0.4 is 5.56 Å². The van der Waals surface area contributed by atoms with E-state index in [2.05, 4.69) is 19.4 Å². The summed E-state index contributed by atoms with van der Waals surface area (Å²) in [4.78, 5) is 42.0. The minimum atomic E-state index is -0.811. The maximum absolute atomic E-state index is 12.3. The molecule has 0 radical (unpaired) electrons. The Hall–Kier alpha value is -3.16. The van der Waals surface area contributed by atoms with E-state index in [0.29, 0.717) is 5.56 Å². The molecule has 8 heteroatoms. The Kier molecular flexibility index (Phi) is 5.31. The third-order valence-corrected chi connectivity index (χ3v) is 3.56. The highest BCUT2D eigenvalue weighted by Crippen LogP contribution is 2.33. The van der Waals surface area contributed by atoms with Gasteiger partial charge in [0, 0.05) is 24.5 Å². The highest BCUT2D eigenvalue weighted by Gasteiger charge is 2.28. The number of aromatic nitrogens is 2. The molecular weight excluding hydrogens is 316 g/mol. The molecule has 2 N–H and O–H groups in total. The number of aromatic amines is 1. The average molecular weight is 332 g/mol. The van der Waals surface area contributed by atoms with E-state index < -0.39 is 29.2 Å². The fraction of sp³-hybridized carbons (Fsp3) is 0.250. The third-order valence-electron chi connectivity index (χ3n) is 3.56. The Morgan fingerprint density at radius 2 is 1.92 bits per heavy atom. The van der Waals surface area contributed by atoms with Crippen molar-refractivity contribution >= 4 is 11.9 Å². The molecule has 0 amide bonds. The number of nitrogens with one attached hydrogen (secondary N) is 1. The van der Waals surface area contributed by atoms with Crippen molar-refractivity contribution in [2.45, 2.75) is 12.3 Å². The van der Waals surface area contributed by atoms with Gasteiger partial charge in [0.2, 0.25) is 0 Å². The van der Waals surface area contributed by atoms with E-state index >= 15 is 0 Å². The van der Waals surface area contributed by atoms with Gasteiger partial charge in [-0.15, -0.1) is 0 Å². The molecule has 0 fully saturated rings. The van der Waals surface area contributed by atoms with Gasteiger partial charge in [-0.25, -0.2) is 4.79 Å². The van der Waals surface area contributed by atoms with Gasteiger partial charge < -0.3 is 19.6 Å². The normalized spacial score (nSPS) is 11.6. The topological polar surface area (TPSA) is 119 Å². The molecular formula is C16H16N2O6. The molecule has 0 aromatic carbocycles. The van der Waals surface area contributed by atoms with Crippen LogP contribution in [0.1, 0.15) is 33.8 Å². The summed E-state index contributed by atoms with van der Waals surface area (Å²) < 4.78 is 9.24. The largest absolute Gasteiger partial charge is 0.506 e. The molecule has 1 atom stereocenters. The van der Waals surface area contributed by atoms with E-state index in [1.54, 1.807) is 12.1 Å². The van der Waals surface area contributed by atoms with Gasteiger partial charge in [0.1, 0.15) is 11.3 Å². The second kappa shape index (κ2) is 7.40. The van der Waals surface area contributed by atoms with Crippen molar-refractivity contribution in [3.8, 4) is 5.75 Å². The van der Waals surface area contributed by atoms with Gasteiger partial charge in [-0.2, -0.15) is 0 Å². The van der Waals surface area contributed by atoms with Crippen LogP contribution in [-0.4, -0.2) is 41.2 Å². The maximum Gasteiger partial charge on any atom is 0.343 e. The number of carbonyl (C=O) groups excluding carboxylic acids is 2. The smallest absolute Gasteiger partial charge is 0.343 e. The summed E-state index contributed by atoms with van der Waals surface area (Å²) in [6.45, 7) is 0. The van der Waals surface area contributed by atoms with Gasteiger partial charge in [0.25, 0.3) is 5.56 Å². The average Bonchev–Trinajstić information content (AvgIpc) is 2.60. The fourth-order valence-electron chi connectivity index (χ4n) is 2.36. The van der Waals surface area contributed by atoms with Crippen LogP contribution in [-0.2, 0) is 14.3 Å². The first kappa shape index (κ1) is 17.2. The van der Waals surface area contributed by atoms with Crippen LogP contribution >= 0.6 is 0 Å². The van der Waals surface area contributed by atoms with Gasteiger partial charge in [-0.3, -0.25) is 14.6 Å². The number of esters is 2. The Balaban J connectivity index is 2.64. The van der Waals surface area contributed by atoms with Crippen molar-refractivity contribution in [3.05, 3.63) is 57.8 Å². The van der Waals surface area contributed by atoms with E-state index in [1.807, 2.05) is 0 Å². The molecule has 24 heavy (non-hydrogen) atoms. The number of rotatable bonds is 5. The first-order valence-electron chi connectivity index (χ1n) is 6.99. The van der Waals surface area contributed by atoms with Gasteiger partial charge in [-0.1, -0.05) is 0 Å². The third kappa shape index (κ3) is 3.43. The molecule has 0 aliphatic heterocycles. The number of carbonyl (C=O) groups is 2. The molecule has 2 aromatic heterocycles. The van der Waals surface area contributed by atoms with Gasteiger partial charge in [-0.05, 0) is 17.7 Å². The number of nitrogens with zero attached hydrogens (tertiary/aromatic N) is 1. The van der Waals surface area contributed by atoms with Gasteiger partial charge in [0.15, 0.2) is 0 Å². The molecule has 2 heterocycles. The summed E-state index contributed by atoms with van der Waals surface area (Å²) in [5.74, 6) is -2.72. The maximum atomic E-state index is 12.3. The number of ether oxygens (including phenoxy) is 2. The lowest BCUT2D eigenvalue weighted by molar-refractivity contribution is -0.140. The van der Waals surface area contributed by atoms with Crippen LogP contribution in [0.4, 0.5) is 0 Å². The quantitative estimate of drug-likeness (QED) is 0.783. The highest BCUT2D eigenvalue weighted by molar-refractivity contribution is 5.92. The van der Waals surface area contributed by atoms with Crippen molar-refractivity contribution in [2.75, 3.05) is 14.2 Å². The first-order valence-corrected chi connectivity index (χ1v) is 6.99. The van der Waals surface area contributed by atoms with Gasteiger partial charge in [0.05, 0.1) is 26.2 Å². The standard InChI is InChI=1S/C16H16N2O6/c1-23-12(19)7-10(9-3-5-17-6-4-9)13-14(20)11(16(22)24-2)8-18-15(13)21/h3-6,8,10H,7H2,1-2H3,(H2,18,20,21)/t10-/m0/s1. The Morgan fingerprint density at radius 1 is 1.25 bits per heavy atom. The lowest BCUT2D eigenvalue weighted by Crippen LogP contribution is -2.22. The van der Waals surface area contributed by atoms with Crippen LogP contribution in [0.25, 0.3) is 0 Å². The second-order valence-corrected chi connectivity index (χ2v) is 4.90. The van der Waals surface area contributed by atoms with Crippen molar-refractivity contribution in [1.82, 2.24) is 9.97 Å². The monoisotopic (exact) mass is 332 g/mol. The summed E-state index contributed by atoms with van der Waals surface area (Å²) in [6, 6.07) is 3.22. The molecule has 0 saturated heterocycles.